The molecule has 4 unspecified atom stereocenters. The topological polar surface area (TPSA) is 143 Å². The number of ether oxygens (including phenoxy) is 3. The van der Waals surface area contributed by atoms with E-state index in [0.29, 0.717) is 18.4 Å². The van der Waals surface area contributed by atoms with Gasteiger partial charge in [0.1, 0.15) is 17.8 Å². The second-order valence-corrected chi connectivity index (χ2v) is 11.2. The number of carbonyl (C=O) groups excluding carboxylic acids is 3. The number of benzene rings is 1. The highest BCUT2D eigenvalue weighted by molar-refractivity contribution is 5.94. The molecule has 1 aromatic rings. The van der Waals surface area contributed by atoms with E-state index in [4.69, 9.17) is 14.2 Å². The highest BCUT2D eigenvalue weighted by Gasteiger charge is 2.53. The second-order valence-electron chi connectivity index (χ2n) is 11.2. The Morgan fingerprint density at radius 3 is 2.45 bits per heavy atom. The van der Waals surface area contributed by atoms with Crippen LogP contribution >= 0.6 is 0 Å². The van der Waals surface area contributed by atoms with E-state index >= 15 is 0 Å². The maximum Gasteiger partial charge on any atom is 0.306 e. The molecule has 0 bridgehead atoms. The normalized spacial score (nSPS) is 24.2. The number of hydrogen-bond acceptors (Lipinski definition) is 8. The maximum absolute atomic E-state index is 12.8. The fourth-order valence-corrected chi connectivity index (χ4v) is 5.17. The van der Waals surface area contributed by atoms with Crippen molar-refractivity contribution in [2.75, 3.05) is 13.2 Å². The van der Waals surface area contributed by atoms with Gasteiger partial charge >= 0.3 is 5.97 Å². The van der Waals surface area contributed by atoms with Crippen LogP contribution in [0.4, 0.5) is 0 Å². The van der Waals surface area contributed by atoms with Crippen molar-refractivity contribution < 1.29 is 38.8 Å². The quantitative estimate of drug-likeness (QED) is 0.347. The summed E-state index contributed by atoms with van der Waals surface area (Å²) >= 11 is 0. The van der Waals surface area contributed by atoms with Gasteiger partial charge in [-0.05, 0) is 44.4 Å². The minimum absolute atomic E-state index is 0.00243. The zero-order valence-corrected chi connectivity index (χ0v) is 22.2. The van der Waals surface area contributed by atoms with Crippen LogP contribution in [0.2, 0.25) is 0 Å². The van der Waals surface area contributed by atoms with Crippen molar-refractivity contribution in [3.8, 4) is 0 Å². The molecule has 0 radical (unpaired) electrons. The lowest BCUT2D eigenvalue weighted by molar-refractivity contribution is -0.171. The fourth-order valence-electron chi connectivity index (χ4n) is 5.17. The van der Waals surface area contributed by atoms with Gasteiger partial charge in [-0.3, -0.25) is 14.4 Å². The molecule has 208 valence electrons. The molecule has 10 heteroatoms. The second kappa shape index (κ2) is 11.5. The molecule has 1 aromatic carbocycles. The summed E-state index contributed by atoms with van der Waals surface area (Å²) in [6, 6.07) is 7.46. The smallest absolute Gasteiger partial charge is 0.306 e. The number of carbonyl (C=O) groups is 3. The summed E-state index contributed by atoms with van der Waals surface area (Å²) in [6.07, 6.45) is 1.38. The molecule has 4 rings (SSSR count). The van der Waals surface area contributed by atoms with Gasteiger partial charge in [-0.15, -0.1) is 0 Å². The lowest BCUT2D eigenvalue weighted by atomic mass is 9.92. The molecular weight excluding hydrogens is 492 g/mol. The molecule has 1 spiro atoms. The Morgan fingerprint density at radius 2 is 1.82 bits per heavy atom. The SMILES string of the molecule is CC(C)(C)OC(=O)CCC(CO)NC(=O)CCNC(=O)C1=CC2OC3(Cc4ccccc4C3)OC2C(O)C1. The van der Waals surface area contributed by atoms with E-state index in [2.05, 4.69) is 10.6 Å². The Hall–Kier alpha value is -2.79. The summed E-state index contributed by atoms with van der Waals surface area (Å²) in [5, 5.41) is 25.6. The van der Waals surface area contributed by atoms with Crippen molar-refractivity contribution in [1.29, 1.82) is 0 Å². The summed E-state index contributed by atoms with van der Waals surface area (Å²) in [5.41, 5.74) is 2.11. The Bertz CT molecular complexity index is 1050. The zero-order chi connectivity index (χ0) is 27.5. The van der Waals surface area contributed by atoms with Crippen LogP contribution in [0.25, 0.3) is 0 Å². The highest BCUT2D eigenvalue weighted by atomic mass is 16.8. The molecule has 0 saturated carbocycles. The lowest BCUT2D eigenvalue weighted by Crippen LogP contribution is -2.42. The molecule has 4 N–H and O–H groups in total. The molecule has 2 aliphatic carbocycles. The van der Waals surface area contributed by atoms with Crippen LogP contribution < -0.4 is 10.6 Å². The van der Waals surface area contributed by atoms with Crippen molar-refractivity contribution in [1.82, 2.24) is 10.6 Å². The van der Waals surface area contributed by atoms with Crippen molar-refractivity contribution >= 4 is 17.8 Å². The van der Waals surface area contributed by atoms with E-state index in [-0.39, 0.29) is 50.6 Å². The zero-order valence-electron chi connectivity index (χ0n) is 22.2. The molecular formula is C28H38N2O8. The van der Waals surface area contributed by atoms with Gasteiger partial charge < -0.3 is 35.1 Å². The number of nitrogens with one attached hydrogen (secondary N) is 2. The van der Waals surface area contributed by atoms with Crippen molar-refractivity contribution in [2.24, 2.45) is 0 Å². The van der Waals surface area contributed by atoms with Crippen molar-refractivity contribution in [3.63, 3.8) is 0 Å². The monoisotopic (exact) mass is 530 g/mol. The van der Waals surface area contributed by atoms with Crippen LogP contribution in [0.15, 0.2) is 35.9 Å². The molecule has 10 nitrogen and oxygen atoms in total. The van der Waals surface area contributed by atoms with Crippen LogP contribution in [-0.2, 0) is 41.4 Å². The molecule has 3 aliphatic rings. The standard InChI is InChI=1S/C28H38N2O8/c1-27(2,3)37-24(34)9-8-20(16-31)30-23(33)10-11-29-26(35)19-12-21(32)25-22(13-19)36-28(38-25)14-17-6-4-5-7-18(17)15-28/h4-7,13,20-22,25,31-32H,8-12,14-16H2,1-3H3,(H,29,35)(H,30,33). The minimum atomic E-state index is -0.882. The predicted octanol–water partition coefficient (Wildman–Crippen LogP) is 1.06. The first-order valence-corrected chi connectivity index (χ1v) is 13.2. The van der Waals surface area contributed by atoms with Gasteiger partial charge in [-0.2, -0.15) is 0 Å². The number of fused-ring (bicyclic) bond motifs is 2. The molecule has 2 amide bonds. The Kier molecular flexibility index (Phi) is 8.56. The van der Waals surface area contributed by atoms with Crippen LogP contribution in [0.3, 0.4) is 0 Å². The molecule has 38 heavy (non-hydrogen) atoms. The third-order valence-corrected chi connectivity index (χ3v) is 6.87. The number of aliphatic hydroxyl groups excluding tert-OH is 2. The first kappa shape index (κ1) is 28.2. The first-order valence-electron chi connectivity index (χ1n) is 13.2. The van der Waals surface area contributed by atoms with Crippen LogP contribution in [0, 0.1) is 0 Å². The van der Waals surface area contributed by atoms with Gasteiger partial charge in [0, 0.05) is 44.2 Å². The predicted molar refractivity (Wildman–Crippen MR) is 137 cm³/mol. The third kappa shape index (κ3) is 6.99. The fraction of sp³-hybridized carbons (Fsp3) is 0.607. The van der Waals surface area contributed by atoms with Gasteiger partial charge in [0.25, 0.3) is 0 Å². The van der Waals surface area contributed by atoms with Crippen molar-refractivity contribution in [3.05, 3.63) is 47.0 Å². The Morgan fingerprint density at radius 1 is 1.13 bits per heavy atom. The van der Waals surface area contributed by atoms with E-state index in [1.165, 1.54) is 0 Å². The molecule has 1 fully saturated rings. The molecule has 1 heterocycles. The molecule has 0 aromatic heterocycles. The molecule has 1 saturated heterocycles. The third-order valence-electron chi connectivity index (χ3n) is 6.87. The van der Waals surface area contributed by atoms with E-state index in [1.54, 1.807) is 26.8 Å². The van der Waals surface area contributed by atoms with Crippen molar-refractivity contribution in [2.45, 2.75) is 95.0 Å². The van der Waals surface area contributed by atoms with Crippen LogP contribution in [0.5, 0.6) is 0 Å². The average molecular weight is 531 g/mol. The van der Waals surface area contributed by atoms with E-state index < -0.39 is 41.7 Å². The highest BCUT2D eigenvalue weighted by Crippen LogP contribution is 2.44. The van der Waals surface area contributed by atoms with Gasteiger partial charge in [-0.25, -0.2) is 0 Å². The number of aliphatic hydroxyl groups is 2. The van der Waals surface area contributed by atoms with Crippen LogP contribution in [-0.4, -0.2) is 76.9 Å². The van der Waals surface area contributed by atoms with Gasteiger partial charge in [0.2, 0.25) is 11.8 Å². The van der Waals surface area contributed by atoms with Gasteiger partial charge in [0.15, 0.2) is 5.79 Å². The number of amides is 2. The lowest BCUT2D eigenvalue weighted by Gasteiger charge is -2.26. The minimum Gasteiger partial charge on any atom is -0.460 e. The summed E-state index contributed by atoms with van der Waals surface area (Å²) < 4.78 is 17.7. The first-order chi connectivity index (χ1) is 18.0. The Balaban J connectivity index is 1.22. The summed E-state index contributed by atoms with van der Waals surface area (Å²) in [5.74, 6) is -1.96. The average Bonchev–Trinajstić information content (AvgIpc) is 3.39. The summed E-state index contributed by atoms with van der Waals surface area (Å²) in [6.45, 7) is 5.07. The number of esters is 1. The van der Waals surface area contributed by atoms with E-state index in [0.717, 1.165) is 11.1 Å². The van der Waals surface area contributed by atoms with Crippen LogP contribution in [0.1, 0.15) is 57.6 Å². The number of rotatable bonds is 9. The Labute approximate surface area is 222 Å². The summed E-state index contributed by atoms with van der Waals surface area (Å²) in [4.78, 5) is 36.9. The summed E-state index contributed by atoms with van der Waals surface area (Å²) in [7, 11) is 0. The van der Waals surface area contributed by atoms with E-state index in [1.807, 2.05) is 24.3 Å². The largest absolute Gasteiger partial charge is 0.460 e. The maximum atomic E-state index is 12.8. The van der Waals surface area contributed by atoms with E-state index in [9.17, 15) is 24.6 Å². The number of hydrogen-bond donors (Lipinski definition) is 4. The molecule has 4 atom stereocenters. The van der Waals surface area contributed by atoms with Gasteiger partial charge in [-0.1, -0.05) is 24.3 Å². The molecule has 1 aliphatic heterocycles. The van der Waals surface area contributed by atoms with Gasteiger partial charge in [0.05, 0.1) is 18.8 Å².